The van der Waals surface area contributed by atoms with Crippen molar-refractivity contribution in [1.29, 1.82) is 0 Å². The van der Waals surface area contributed by atoms with Crippen molar-refractivity contribution in [3.8, 4) is 0 Å². The van der Waals surface area contributed by atoms with E-state index < -0.39 is 0 Å². The van der Waals surface area contributed by atoms with Crippen LogP contribution >= 0.6 is 11.3 Å². The number of carbonyl (C=O) groups is 1. The molecule has 0 amide bonds. The van der Waals surface area contributed by atoms with Crippen molar-refractivity contribution in [3.63, 3.8) is 0 Å². The molecule has 0 radical (unpaired) electrons. The Balaban J connectivity index is 1.93. The fraction of sp³-hybridized carbons (Fsp3) is 0.154. The Labute approximate surface area is 98.7 Å². The van der Waals surface area contributed by atoms with Gasteiger partial charge in [-0.2, -0.15) is 11.3 Å². The molecule has 0 fully saturated rings. The maximum atomic E-state index is 11.7. The molecule has 2 rings (SSSR count). The highest BCUT2D eigenvalue weighted by Crippen LogP contribution is 2.12. The van der Waals surface area contributed by atoms with E-state index in [0.29, 0.717) is 6.42 Å². The van der Waals surface area contributed by atoms with Crippen LogP contribution in [0, 0.1) is 0 Å². The van der Waals surface area contributed by atoms with Crippen LogP contribution in [0.5, 0.6) is 0 Å². The molecule has 0 bridgehead atoms. The molecule has 2 nitrogen and oxygen atoms in total. The van der Waals surface area contributed by atoms with Gasteiger partial charge >= 0.3 is 0 Å². The number of nitrogen functional groups attached to an aromatic ring is 1. The molecule has 0 saturated carbocycles. The normalized spacial score (nSPS) is 10.2. The Kier molecular flexibility index (Phi) is 3.37. The average molecular weight is 231 g/mol. The first kappa shape index (κ1) is 10.9. The van der Waals surface area contributed by atoms with Gasteiger partial charge in [0.1, 0.15) is 0 Å². The van der Waals surface area contributed by atoms with Gasteiger partial charge < -0.3 is 5.73 Å². The number of hydrogen-bond donors (Lipinski definition) is 1. The number of rotatable bonds is 4. The van der Waals surface area contributed by atoms with Crippen molar-refractivity contribution in [2.75, 3.05) is 5.73 Å². The van der Waals surface area contributed by atoms with Gasteiger partial charge in [0, 0.05) is 23.1 Å². The molecule has 16 heavy (non-hydrogen) atoms. The zero-order valence-corrected chi connectivity index (χ0v) is 9.67. The summed E-state index contributed by atoms with van der Waals surface area (Å²) in [5.74, 6) is 0.207. The van der Waals surface area contributed by atoms with Crippen LogP contribution in [0.3, 0.4) is 0 Å². The van der Waals surface area contributed by atoms with E-state index in [0.717, 1.165) is 23.2 Å². The fourth-order valence-electron chi connectivity index (χ4n) is 1.51. The molecule has 0 aliphatic heterocycles. The summed E-state index contributed by atoms with van der Waals surface area (Å²) in [6.45, 7) is 0. The quantitative estimate of drug-likeness (QED) is 0.649. The summed E-state index contributed by atoms with van der Waals surface area (Å²) >= 11 is 1.55. The van der Waals surface area contributed by atoms with E-state index in [1.54, 1.807) is 11.3 Å². The zero-order valence-electron chi connectivity index (χ0n) is 8.85. The van der Waals surface area contributed by atoms with Gasteiger partial charge in [-0.3, -0.25) is 4.79 Å². The lowest BCUT2D eigenvalue weighted by Crippen LogP contribution is -1.99. The summed E-state index contributed by atoms with van der Waals surface area (Å²) < 4.78 is 0. The number of Topliss-reactive ketones (excluding diaryl/α,β-unsaturated/α-hetero) is 1. The molecule has 0 unspecified atom stereocenters. The first-order valence-electron chi connectivity index (χ1n) is 5.15. The van der Waals surface area contributed by atoms with Crippen molar-refractivity contribution in [1.82, 2.24) is 0 Å². The third kappa shape index (κ3) is 2.70. The number of thiophene rings is 1. The maximum Gasteiger partial charge on any atom is 0.164 e. The van der Waals surface area contributed by atoms with Crippen LogP contribution in [0.1, 0.15) is 22.3 Å². The van der Waals surface area contributed by atoms with E-state index in [4.69, 9.17) is 5.73 Å². The van der Waals surface area contributed by atoms with Gasteiger partial charge in [0.15, 0.2) is 5.78 Å². The Morgan fingerprint density at radius 3 is 2.56 bits per heavy atom. The van der Waals surface area contributed by atoms with Gasteiger partial charge in [0.2, 0.25) is 0 Å². The lowest BCUT2D eigenvalue weighted by atomic mass is 10.0. The summed E-state index contributed by atoms with van der Waals surface area (Å²) in [6.07, 6.45) is 1.33. The van der Waals surface area contributed by atoms with Gasteiger partial charge in [-0.05, 0) is 35.6 Å². The van der Waals surface area contributed by atoms with E-state index in [-0.39, 0.29) is 5.78 Å². The number of nitrogens with two attached hydrogens (primary N) is 1. The van der Waals surface area contributed by atoms with Crippen molar-refractivity contribution < 1.29 is 4.79 Å². The van der Waals surface area contributed by atoms with E-state index in [9.17, 15) is 4.79 Å². The third-order valence-electron chi connectivity index (χ3n) is 2.46. The molecule has 0 aliphatic rings. The predicted octanol–water partition coefficient (Wildman–Crippen LogP) is 3.15. The van der Waals surface area contributed by atoms with Crippen molar-refractivity contribution in [2.24, 2.45) is 0 Å². The summed E-state index contributed by atoms with van der Waals surface area (Å²) in [5, 5.41) is 3.82. The largest absolute Gasteiger partial charge is 0.399 e. The minimum atomic E-state index is 0.207. The number of ketones is 1. The highest BCUT2D eigenvalue weighted by atomic mass is 32.1. The Morgan fingerprint density at radius 2 is 1.94 bits per heavy atom. The lowest BCUT2D eigenvalue weighted by Gasteiger charge is -2.00. The molecule has 0 saturated heterocycles. The monoisotopic (exact) mass is 231 g/mol. The lowest BCUT2D eigenvalue weighted by molar-refractivity contribution is 0.0983. The maximum absolute atomic E-state index is 11.7. The summed E-state index contributed by atoms with van der Waals surface area (Å²) in [5.41, 5.74) is 8.32. The predicted molar refractivity (Wildman–Crippen MR) is 67.8 cm³/mol. The summed E-state index contributed by atoms with van der Waals surface area (Å²) in [6, 6.07) is 9.54. The highest BCUT2D eigenvalue weighted by Gasteiger charge is 2.05. The molecular formula is C13H13NOS. The minimum absolute atomic E-state index is 0.207. The van der Waals surface area contributed by atoms with E-state index in [1.165, 1.54) is 0 Å². The molecule has 1 aromatic carbocycles. The Morgan fingerprint density at radius 1 is 1.19 bits per heavy atom. The zero-order chi connectivity index (χ0) is 11.4. The first-order valence-corrected chi connectivity index (χ1v) is 6.10. The van der Waals surface area contributed by atoms with Crippen LogP contribution in [0.2, 0.25) is 0 Å². The minimum Gasteiger partial charge on any atom is -0.399 e. The fourth-order valence-corrected chi connectivity index (χ4v) is 2.17. The number of carbonyl (C=O) groups excluding carboxylic acids is 1. The Hall–Kier alpha value is -1.61. The number of aryl methyl sites for hydroxylation is 1. The van der Waals surface area contributed by atoms with Crippen molar-refractivity contribution in [2.45, 2.75) is 12.8 Å². The first-order chi connectivity index (χ1) is 7.75. The highest BCUT2D eigenvalue weighted by molar-refractivity contribution is 7.08. The summed E-state index contributed by atoms with van der Waals surface area (Å²) in [4.78, 5) is 11.7. The second kappa shape index (κ2) is 4.94. The van der Waals surface area contributed by atoms with Gasteiger partial charge in [0.05, 0.1) is 0 Å². The van der Waals surface area contributed by atoms with Crippen LogP contribution in [-0.4, -0.2) is 5.78 Å². The molecule has 0 spiro atoms. The second-order valence-corrected chi connectivity index (χ2v) is 4.46. The van der Waals surface area contributed by atoms with Crippen LogP contribution in [-0.2, 0) is 6.42 Å². The van der Waals surface area contributed by atoms with Crippen LogP contribution in [0.25, 0.3) is 0 Å². The van der Waals surface area contributed by atoms with Crippen molar-refractivity contribution in [3.05, 3.63) is 52.2 Å². The summed E-state index contributed by atoms with van der Waals surface area (Å²) in [7, 11) is 0. The molecule has 0 aliphatic carbocycles. The van der Waals surface area contributed by atoms with Gasteiger partial charge in [-0.1, -0.05) is 12.1 Å². The van der Waals surface area contributed by atoms with Crippen LogP contribution < -0.4 is 5.73 Å². The molecule has 2 aromatic rings. The smallest absolute Gasteiger partial charge is 0.164 e. The molecule has 2 N–H and O–H groups in total. The Bertz CT molecular complexity index is 459. The van der Waals surface area contributed by atoms with Gasteiger partial charge in [-0.15, -0.1) is 0 Å². The van der Waals surface area contributed by atoms with E-state index in [1.807, 2.05) is 41.1 Å². The van der Waals surface area contributed by atoms with E-state index >= 15 is 0 Å². The molecule has 1 aromatic heterocycles. The third-order valence-corrected chi connectivity index (χ3v) is 3.15. The average Bonchev–Trinajstić information content (AvgIpc) is 2.81. The molecule has 82 valence electrons. The van der Waals surface area contributed by atoms with E-state index in [2.05, 4.69) is 0 Å². The molecular weight excluding hydrogens is 218 g/mol. The van der Waals surface area contributed by atoms with Crippen molar-refractivity contribution >= 4 is 22.8 Å². The number of benzene rings is 1. The van der Waals surface area contributed by atoms with Gasteiger partial charge in [0.25, 0.3) is 0 Å². The number of hydrogen-bond acceptors (Lipinski definition) is 3. The van der Waals surface area contributed by atoms with Gasteiger partial charge in [-0.25, -0.2) is 0 Å². The second-order valence-electron chi connectivity index (χ2n) is 3.68. The SMILES string of the molecule is Nc1ccc(CCC(=O)c2ccsc2)cc1. The topological polar surface area (TPSA) is 43.1 Å². The molecule has 0 atom stereocenters. The standard InChI is InChI=1S/C13H13NOS/c14-12-4-1-10(2-5-12)3-6-13(15)11-7-8-16-9-11/h1-2,4-5,7-9H,3,6,14H2. The molecule has 1 heterocycles. The number of anilines is 1. The van der Waals surface area contributed by atoms with Crippen LogP contribution in [0.15, 0.2) is 41.1 Å². The van der Waals surface area contributed by atoms with Crippen LogP contribution in [0.4, 0.5) is 5.69 Å². The molecule has 3 heteroatoms.